The molecule has 36 heavy (non-hydrogen) atoms. The quantitative estimate of drug-likeness (QED) is 0.465. The van der Waals surface area contributed by atoms with E-state index in [9.17, 15) is 9.59 Å². The Kier molecular flexibility index (Phi) is 4.84. The largest absolute Gasteiger partial charge is 0.387 e. The van der Waals surface area contributed by atoms with Crippen LogP contribution < -0.4 is 10.6 Å². The fourth-order valence-corrected chi connectivity index (χ4v) is 9.07. The van der Waals surface area contributed by atoms with Crippen LogP contribution in [0.5, 0.6) is 0 Å². The number of anilines is 1. The number of fused-ring (bicyclic) bond motifs is 8. The molecule has 4 nitrogen and oxygen atoms in total. The summed E-state index contributed by atoms with van der Waals surface area (Å²) in [5.41, 5.74) is 7.44. The standard InChI is InChI=1S/C32H36N2O2/c1-31-15-13-26-24(18-33-29-17-20(35)12-14-32(26,29)2)25(31)10-11-27(31)30(36)34-28-9-5-8-22-21-7-4-3-6-19(21)16-23(22)28/h3-9,17,24-27,33H,10-16,18H2,1-2H3,(H,34,36)/t24-,25-,26+,27?,31-,32+/m0/s1. The molecule has 6 atom stereocenters. The van der Waals surface area contributed by atoms with Crippen molar-refractivity contribution in [3.05, 3.63) is 65.4 Å². The van der Waals surface area contributed by atoms with Crippen LogP contribution in [0.4, 0.5) is 5.69 Å². The first-order valence-electron chi connectivity index (χ1n) is 13.9. The molecule has 5 aliphatic rings. The van der Waals surface area contributed by atoms with E-state index in [4.69, 9.17) is 0 Å². The van der Waals surface area contributed by atoms with Crippen molar-refractivity contribution in [2.24, 2.45) is 34.5 Å². The highest BCUT2D eigenvalue weighted by Gasteiger charge is 2.60. The number of piperidine rings is 1. The number of nitrogens with one attached hydrogen (secondary N) is 2. The molecule has 1 saturated heterocycles. The van der Waals surface area contributed by atoms with Crippen LogP contribution in [0.3, 0.4) is 0 Å². The average Bonchev–Trinajstić information content (AvgIpc) is 3.43. The topological polar surface area (TPSA) is 58.2 Å². The smallest absolute Gasteiger partial charge is 0.228 e. The van der Waals surface area contributed by atoms with Crippen LogP contribution in [0, 0.1) is 34.5 Å². The molecule has 0 spiro atoms. The number of ketones is 1. The monoisotopic (exact) mass is 480 g/mol. The van der Waals surface area contributed by atoms with E-state index in [2.05, 4.69) is 66.9 Å². The molecule has 4 aliphatic carbocycles. The lowest BCUT2D eigenvalue weighted by Gasteiger charge is -2.58. The van der Waals surface area contributed by atoms with Crippen molar-refractivity contribution in [2.45, 2.75) is 58.8 Å². The van der Waals surface area contributed by atoms with Crippen LogP contribution in [-0.4, -0.2) is 18.2 Å². The van der Waals surface area contributed by atoms with Gasteiger partial charge in [0.2, 0.25) is 5.91 Å². The van der Waals surface area contributed by atoms with E-state index in [1.54, 1.807) is 0 Å². The number of hydrogen-bond donors (Lipinski definition) is 2. The molecule has 0 bridgehead atoms. The highest BCUT2D eigenvalue weighted by Crippen LogP contribution is 2.64. The van der Waals surface area contributed by atoms with Crippen molar-refractivity contribution in [2.75, 3.05) is 11.9 Å². The Morgan fingerprint density at radius 2 is 1.81 bits per heavy atom. The molecule has 2 aromatic carbocycles. The van der Waals surface area contributed by atoms with Crippen LogP contribution >= 0.6 is 0 Å². The Morgan fingerprint density at radius 3 is 2.69 bits per heavy atom. The number of carbonyl (C=O) groups is 2. The second-order valence-corrected chi connectivity index (χ2v) is 12.5. The molecule has 1 heterocycles. The molecule has 4 heteroatoms. The zero-order valence-electron chi connectivity index (χ0n) is 21.4. The van der Waals surface area contributed by atoms with Gasteiger partial charge in [-0.05, 0) is 83.6 Å². The van der Waals surface area contributed by atoms with E-state index in [0.29, 0.717) is 24.2 Å². The van der Waals surface area contributed by atoms with Crippen molar-refractivity contribution >= 4 is 17.4 Å². The Morgan fingerprint density at radius 1 is 0.972 bits per heavy atom. The fourth-order valence-electron chi connectivity index (χ4n) is 9.07. The normalized spacial score (nSPS) is 35.9. The maximum Gasteiger partial charge on any atom is 0.228 e. The lowest BCUT2D eigenvalue weighted by Crippen LogP contribution is -2.57. The minimum Gasteiger partial charge on any atom is -0.387 e. The van der Waals surface area contributed by atoms with Gasteiger partial charge in [-0.3, -0.25) is 9.59 Å². The molecule has 186 valence electrons. The van der Waals surface area contributed by atoms with E-state index >= 15 is 0 Å². The number of rotatable bonds is 2. The van der Waals surface area contributed by atoms with Crippen molar-refractivity contribution in [1.29, 1.82) is 0 Å². The lowest BCUT2D eigenvalue weighted by atomic mass is 9.50. The summed E-state index contributed by atoms with van der Waals surface area (Å²) in [6, 6.07) is 14.9. The van der Waals surface area contributed by atoms with Gasteiger partial charge in [-0.15, -0.1) is 0 Å². The Bertz CT molecular complexity index is 1310. The summed E-state index contributed by atoms with van der Waals surface area (Å²) in [5.74, 6) is 2.27. The van der Waals surface area contributed by atoms with E-state index in [1.165, 1.54) is 28.0 Å². The molecular weight excluding hydrogens is 444 g/mol. The van der Waals surface area contributed by atoms with Crippen molar-refractivity contribution < 1.29 is 9.59 Å². The highest BCUT2D eigenvalue weighted by atomic mass is 16.2. The van der Waals surface area contributed by atoms with E-state index in [1.807, 2.05) is 6.08 Å². The molecule has 7 rings (SSSR count). The number of benzene rings is 2. The van der Waals surface area contributed by atoms with Crippen LogP contribution in [0.1, 0.15) is 63.5 Å². The summed E-state index contributed by atoms with van der Waals surface area (Å²) in [6.45, 7) is 5.72. The van der Waals surface area contributed by atoms with Crippen molar-refractivity contribution in [1.82, 2.24) is 5.32 Å². The molecule has 2 saturated carbocycles. The van der Waals surface area contributed by atoms with E-state index in [-0.39, 0.29) is 28.4 Å². The van der Waals surface area contributed by atoms with Gasteiger partial charge in [-0.1, -0.05) is 50.2 Å². The summed E-state index contributed by atoms with van der Waals surface area (Å²) >= 11 is 0. The minimum absolute atomic E-state index is 0.0376. The third-order valence-electron chi connectivity index (χ3n) is 11.0. The molecule has 1 amide bonds. The summed E-state index contributed by atoms with van der Waals surface area (Å²) in [4.78, 5) is 26.0. The number of hydrogen-bond acceptors (Lipinski definition) is 3. The molecule has 1 unspecified atom stereocenters. The van der Waals surface area contributed by atoms with Gasteiger partial charge in [0.1, 0.15) is 0 Å². The Balaban J connectivity index is 1.13. The number of amides is 1. The zero-order valence-corrected chi connectivity index (χ0v) is 21.4. The van der Waals surface area contributed by atoms with Gasteiger partial charge in [-0.25, -0.2) is 0 Å². The van der Waals surface area contributed by atoms with Gasteiger partial charge < -0.3 is 10.6 Å². The fraction of sp³-hybridized carbons (Fsp3) is 0.500. The first kappa shape index (κ1) is 22.3. The SMILES string of the molecule is C[C@]12CCC(=O)C=C1NC[C@@H]1[C@H]2CC[C@]2(C)C(C(=O)Nc3cccc4c3Cc3ccccc3-4)CC[C@@H]12. The van der Waals surface area contributed by atoms with E-state index < -0.39 is 0 Å². The van der Waals surface area contributed by atoms with Crippen LogP contribution in [0.15, 0.2) is 54.2 Å². The second-order valence-electron chi connectivity index (χ2n) is 12.5. The summed E-state index contributed by atoms with van der Waals surface area (Å²) < 4.78 is 0. The number of carbonyl (C=O) groups excluding carboxylic acids is 2. The van der Waals surface area contributed by atoms with Crippen molar-refractivity contribution in [3.8, 4) is 11.1 Å². The van der Waals surface area contributed by atoms with Gasteiger partial charge in [-0.2, -0.15) is 0 Å². The molecule has 2 N–H and O–H groups in total. The predicted molar refractivity (Wildman–Crippen MR) is 142 cm³/mol. The third-order valence-corrected chi connectivity index (χ3v) is 11.0. The second kappa shape index (κ2) is 7.81. The maximum absolute atomic E-state index is 13.9. The van der Waals surface area contributed by atoms with Crippen LogP contribution in [0.2, 0.25) is 0 Å². The number of allylic oxidation sites excluding steroid dienone is 2. The Labute approximate surface area is 213 Å². The molecule has 0 aromatic heterocycles. The molecule has 2 aromatic rings. The molecule has 0 radical (unpaired) electrons. The van der Waals surface area contributed by atoms with Gasteiger partial charge in [0.25, 0.3) is 0 Å². The maximum atomic E-state index is 13.9. The zero-order chi connectivity index (χ0) is 24.7. The predicted octanol–water partition coefficient (Wildman–Crippen LogP) is 6.11. The van der Waals surface area contributed by atoms with Gasteiger partial charge in [0.05, 0.1) is 0 Å². The third kappa shape index (κ3) is 3.06. The lowest BCUT2D eigenvalue weighted by molar-refractivity contribution is -0.127. The van der Waals surface area contributed by atoms with Crippen LogP contribution in [-0.2, 0) is 16.0 Å². The van der Waals surface area contributed by atoms with Gasteiger partial charge in [0, 0.05) is 48.2 Å². The summed E-state index contributed by atoms with van der Waals surface area (Å²) in [6.07, 6.45) is 8.76. The molecule has 1 aliphatic heterocycles. The Hall–Kier alpha value is -2.88. The minimum atomic E-state index is 0.0376. The van der Waals surface area contributed by atoms with Crippen molar-refractivity contribution in [3.63, 3.8) is 0 Å². The van der Waals surface area contributed by atoms with Crippen LogP contribution in [0.25, 0.3) is 11.1 Å². The van der Waals surface area contributed by atoms with Gasteiger partial charge >= 0.3 is 0 Å². The summed E-state index contributed by atoms with van der Waals surface area (Å²) in [7, 11) is 0. The summed E-state index contributed by atoms with van der Waals surface area (Å²) in [5, 5.41) is 7.09. The molecular formula is C32H36N2O2. The van der Waals surface area contributed by atoms with Gasteiger partial charge in [0.15, 0.2) is 5.78 Å². The highest BCUT2D eigenvalue weighted by molar-refractivity contribution is 5.96. The van der Waals surface area contributed by atoms with E-state index in [0.717, 1.165) is 50.8 Å². The first-order valence-corrected chi connectivity index (χ1v) is 13.9. The first-order chi connectivity index (χ1) is 17.4. The average molecular weight is 481 g/mol. The molecule has 3 fully saturated rings.